The molecule has 3 rings (SSSR count). The first kappa shape index (κ1) is 20.6. The predicted molar refractivity (Wildman–Crippen MR) is 107 cm³/mol. The van der Waals surface area contributed by atoms with Crippen LogP contribution in [0.25, 0.3) is 0 Å². The minimum atomic E-state index is -0.406. The fourth-order valence-electron chi connectivity index (χ4n) is 3.76. The van der Waals surface area contributed by atoms with E-state index in [-0.39, 0.29) is 11.9 Å². The first-order valence-electron chi connectivity index (χ1n) is 9.72. The lowest BCUT2D eigenvalue weighted by molar-refractivity contribution is -0.157. The number of amides is 1. The number of hydrogen-bond donors (Lipinski definition) is 0. The molecule has 1 atom stereocenters. The van der Waals surface area contributed by atoms with Crippen molar-refractivity contribution in [1.82, 2.24) is 14.7 Å². The molecule has 2 fully saturated rings. The molecule has 0 radical (unpaired) electrons. The normalized spacial score (nSPS) is 22.0. The van der Waals surface area contributed by atoms with Crippen LogP contribution in [0.5, 0.6) is 0 Å². The van der Waals surface area contributed by atoms with Crippen molar-refractivity contribution in [3.63, 3.8) is 0 Å². The summed E-state index contributed by atoms with van der Waals surface area (Å²) in [6.45, 7) is 7.71. The average Bonchev–Trinajstić information content (AvgIpc) is 3.08. The van der Waals surface area contributed by atoms with Crippen molar-refractivity contribution in [3.8, 4) is 0 Å². The topological polar surface area (TPSA) is 53.1 Å². The van der Waals surface area contributed by atoms with Crippen LogP contribution in [0.3, 0.4) is 0 Å². The number of rotatable bonds is 6. The lowest BCUT2D eigenvalue weighted by atomic mass is 10.0. The van der Waals surface area contributed by atoms with Crippen LogP contribution < -0.4 is 0 Å². The summed E-state index contributed by atoms with van der Waals surface area (Å²) in [5.41, 5.74) is 0. The SMILES string of the molecule is CCOC(=O)C1CCCCN1C(=O)CN1CCN(Cc2ccc(Cl)s2)CC1. The van der Waals surface area contributed by atoms with Gasteiger partial charge in [0, 0.05) is 44.1 Å². The van der Waals surface area contributed by atoms with Gasteiger partial charge in [0.15, 0.2) is 0 Å². The number of thiophene rings is 1. The number of hydrogen-bond acceptors (Lipinski definition) is 6. The molecule has 0 bridgehead atoms. The Balaban J connectivity index is 1.47. The van der Waals surface area contributed by atoms with E-state index in [2.05, 4.69) is 15.9 Å². The van der Waals surface area contributed by atoms with Crippen LogP contribution in [-0.2, 0) is 20.9 Å². The molecule has 1 aromatic rings. The molecular formula is C19H28ClN3O3S. The molecule has 8 heteroatoms. The minimum absolute atomic E-state index is 0.0474. The van der Waals surface area contributed by atoms with Crippen LogP contribution in [-0.4, -0.2) is 78.5 Å². The summed E-state index contributed by atoms with van der Waals surface area (Å²) < 4.78 is 5.99. The molecule has 0 aromatic carbocycles. The zero-order valence-electron chi connectivity index (χ0n) is 15.9. The number of likely N-dealkylation sites (tertiary alicyclic amines) is 1. The van der Waals surface area contributed by atoms with Gasteiger partial charge in [-0.25, -0.2) is 4.79 Å². The van der Waals surface area contributed by atoms with Crippen molar-refractivity contribution in [2.75, 3.05) is 45.9 Å². The van der Waals surface area contributed by atoms with E-state index in [0.717, 1.165) is 49.9 Å². The fourth-order valence-corrected chi connectivity index (χ4v) is 4.89. The third kappa shape index (κ3) is 5.67. The van der Waals surface area contributed by atoms with Gasteiger partial charge in [0.25, 0.3) is 0 Å². The molecule has 1 aromatic heterocycles. The van der Waals surface area contributed by atoms with Gasteiger partial charge < -0.3 is 9.64 Å². The van der Waals surface area contributed by atoms with Crippen LogP contribution in [0, 0.1) is 0 Å². The molecule has 0 spiro atoms. The zero-order chi connectivity index (χ0) is 19.2. The van der Waals surface area contributed by atoms with Gasteiger partial charge in [-0.05, 0) is 38.3 Å². The van der Waals surface area contributed by atoms with Crippen LogP contribution in [0.1, 0.15) is 31.1 Å². The average molecular weight is 414 g/mol. The first-order valence-corrected chi connectivity index (χ1v) is 10.9. The largest absolute Gasteiger partial charge is 0.464 e. The Morgan fingerprint density at radius 1 is 1.15 bits per heavy atom. The molecule has 0 aliphatic carbocycles. The summed E-state index contributed by atoms with van der Waals surface area (Å²) in [6.07, 6.45) is 2.64. The maximum absolute atomic E-state index is 12.8. The van der Waals surface area contributed by atoms with Crippen molar-refractivity contribution in [2.24, 2.45) is 0 Å². The van der Waals surface area contributed by atoms with Gasteiger partial charge in [0.2, 0.25) is 5.91 Å². The maximum atomic E-state index is 12.8. The van der Waals surface area contributed by atoms with Gasteiger partial charge in [-0.1, -0.05) is 11.6 Å². The molecule has 0 saturated carbocycles. The smallest absolute Gasteiger partial charge is 0.328 e. The molecule has 27 heavy (non-hydrogen) atoms. The molecule has 0 N–H and O–H groups in total. The van der Waals surface area contributed by atoms with E-state index in [9.17, 15) is 9.59 Å². The molecule has 150 valence electrons. The Kier molecular flexibility index (Phi) is 7.52. The predicted octanol–water partition coefficient (Wildman–Crippen LogP) is 2.46. The van der Waals surface area contributed by atoms with Crippen molar-refractivity contribution in [3.05, 3.63) is 21.3 Å². The standard InChI is InChI=1S/C19H28ClN3O3S/c1-2-26-19(25)16-5-3-4-8-23(16)18(24)14-22-11-9-21(10-12-22)13-15-6-7-17(20)27-15/h6-7,16H,2-5,8-14H2,1H3. The van der Waals surface area contributed by atoms with E-state index in [1.54, 1.807) is 23.2 Å². The second kappa shape index (κ2) is 9.87. The molecule has 1 amide bonds. The summed E-state index contributed by atoms with van der Waals surface area (Å²) in [5.74, 6) is -0.212. The van der Waals surface area contributed by atoms with E-state index in [1.807, 2.05) is 6.07 Å². The minimum Gasteiger partial charge on any atom is -0.464 e. The number of halogens is 1. The monoisotopic (exact) mass is 413 g/mol. The number of piperazine rings is 1. The van der Waals surface area contributed by atoms with Gasteiger partial charge in [-0.3, -0.25) is 14.6 Å². The van der Waals surface area contributed by atoms with Crippen LogP contribution >= 0.6 is 22.9 Å². The Morgan fingerprint density at radius 2 is 1.89 bits per heavy atom. The molecular weight excluding hydrogens is 386 g/mol. The Morgan fingerprint density at radius 3 is 2.56 bits per heavy atom. The number of piperidine rings is 1. The summed E-state index contributed by atoms with van der Waals surface area (Å²) in [6, 6.07) is 3.61. The lowest BCUT2D eigenvalue weighted by Gasteiger charge is -2.38. The van der Waals surface area contributed by atoms with Gasteiger partial charge in [-0.15, -0.1) is 11.3 Å². The highest BCUT2D eigenvalue weighted by molar-refractivity contribution is 7.16. The van der Waals surface area contributed by atoms with Crippen molar-refractivity contribution in [2.45, 2.75) is 38.8 Å². The molecule has 6 nitrogen and oxygen atoms in total. The summed E-state index contributed by atoms with van der Waals surface area (Å²) >= 11 is 7.63. The van der Waals surface area contributed by atoms with Gasteiger partial charge in [-0.2, -0.15) is 0 Å². The van der Waals surface area contributed by atoms with E-state index in [4.69, 9.17) is 16.3 Å². The zero-order valence-corrected chi connectivity index (χ0v) is 17.4. The highest BCUT2D eigenvalue weighted by Crippen LogP contribution is 2.23. The number of nitrogens with zero attached hydrogens (tertiary/aromatic N) is 3. The van der Waals surface area contributed by atoms with Crippen LogP contribution in [0.15, 0.2) is 12.1 Å². The van der Waals surface area contributed by atoms with Gasteiger partial charge >= 0.3 is 5.97 Å². The molecule has 2 saturated heterocycles. The van der Waals surface area contributed by atoms with Crippen molar-refractivity contribution >= 4 is 34.8 Å². The van der Waals surface area contributed by atoms with Crippen molar-refractivity contribution < 1.29 is 14.3 Å². The van der Waals surface area contributed by atoms with Crippen LogP contribution in [0.2, 0.25) is 4.34 Å². The number of carbonyl (C=O) groups is 2. The molecule has 2 aliphatic rings. The fraction of sp³-hybridized carbons (Fsp3) is 0.684. The van der Waals surface area contributed by atoms with E-state index in [0.29, 0.717) is 26.1 Å². The highest BCUT2D eigenvalue weighted by atomic mass is 35.5. The number of esters is 1. The van der Waals surface area contributed by atoms with Gasteiger partial charge in [0.1, 0.15) is 6.04 Å². The highest BCUT2D eigenvalue weighted by Gasteiger charge is 2.34. The Labute approximate surface area is 170 Å². The Hall–Kier alpha value is -1.15. The third-order valence-electron chi connectivity index (χ3n) is 5.21. The Bertz CT molecular complexity index is 646. The summed E-state index contributed by atoms with van der Waals surface area (Å²) in [4.78, 5) is 32.6. The summed E-state index contributed by atoms with van der Waals surface area (Å²) in [5, 5.41) is 0. The van der Waals surface area contributed by atoms with E-state index in [1.165, 1.54) is 4.88 Å². The first-order chi connectivity index (χ1) is 13.1. The summed E-state index contributed by atoms with van der Waals surface area (Å²) in [7, 11) is 0. The lowest BCUT2D eigenvalue weighted by Crippen LogP contribution is -2.54. The number of ether oxygens (including phenoxy) is 1. The van der Waals surface area contributed by atoms with Crippen molar-refractivity contribution in [1.29, 1.82) is 0 Å². The quantitative estimate of drug-likeness (QED) is 0.670. The van der Waals surface area contributed by atoms with E-state index >= 15 is 0 Å². The second-order valence-electron chi connectivity index (χ2n) is 7.11. The molecule has 3 heterocycles. The van der Waals surface area contributed by atoms with E-state index < -0.39 is 6.04 Å². The maximum Gasteiger partial charge on any atom is 0.328 e. The second-order valence-corrected chi connectivity index (χ2v) is 8.91. The third-order valence-corrected chi connectivity index (χ3v) is 6.43. The van der Waals surface area contributed by atoms with Crippen LogP contribution in [0.4, 0.5) is 0 Å². The number of carbonyl (C=O) groups excluding carboxylic acids is 2. The molecule has 1 unspecified atom stereocenters. The van der Waals surface area contributed by atoms with Gasteiger partial charge in [0.05, 0.1) is 17.5 Å². The molecule has 2 aliphatic heterocycles.